The molecule has 1 N–H and O–H groups in total. The Hall–Kier alpha value is -0.880. The van der Waals surface area contributed by atoms with Crippen LogP contribution in [0.15, 0.2) is 21.5 Å². The molecule has 0 heterocycles. The van der Waals surface area contributed by atoms with Gasteiger partial charge in [-0.1, -0.05) is 28.8 Å². The predicted molar refractivity (Wildman–Crippen MR) is 79.8 cm³/mol. The zero-order valence-corrected chi connectivity index (χ0v) is 13.6. The Kier molecular flexibility index (Phi) is 4.54. The van der Waals surface area contributed by atoms with Gasteiger partial charge in [-0.15, -0.1) is 0 Å². The van der Waals surface area contributed by atoms with Crippen molar-refractivity contribution in [2.75, 3.05) is 5.75 Å². The molecule has 0 aromatic heterocycles. The van der Waals surface area contributed by atoms with Crippen LogP contribution in [0.5, 0.6) is 0 Å². The first-order valence-electron chi connectivity index (χ1n) is 6.57. The Labute approximate surface area is 127 Å². The van der Waals surface area contributed by atoms with Gasteiger partial charge in [-0.25, -0.2) is 13.2 Å². The highest BCUT2D eigenvalue weighted by Gasteiger charge is 2.26. The average Bonchev–Trinajstić information content (AvgIpc) is 2.83. The van der Waals surface area contributed by atoms with E-state index in [-0.39, 0.29) is 22.1 Å². The topological polar surface area (TPSA) is 71.4 Å². The van der Waals surface area contributed by atoms with Crippen molar-refractivity contribution in [1.82, 2.24) is 0 Å². The number of halogens is 1. The van der Waals surface area contributed by atoms with E-state index in [2.05, 4.69) is 15.9 Å². The Morgan fingerprint density at radius 2 is 1.95 bits per heavy atom. The van der Waals surface area contributed by atoms with Crippen molar-refractivity contribution < 1.29 is 18.3 Å². The number of rotatable bonds is 4. The van der Waals surface area contributed by atoms with E-state index in [1.165, 1.54) is 12.1 Å². The van der Waals surface area contributed by atoms with E-state index in [1.54, 1.807) is 6.92 Å². The second kappa shape index (κ2) is 5.85. The van der Waals surface area contributed by atoms with Gasteiger partial charge in [0.2, 0.25) is 0 Å². The maximum atomic E-state index is 12.5. The van der Waals surface area contributed by atoms with Crippen molar-refractivity contribution in [2.24, 2.45) is 5.92 Å². The minimum atomic E-state index is -3.45. The average molecular weight is 361 g/mol. The van der Waals surface area contributed by atoms with Gasteiger partial charge < -0.3 is 5.11 Å². The van der Waals surface area contributed by atoms with E-state index in [0.717, 1.165) is 25.7 Å². The zero-order chi connectivity index (χ0) is 14.9. The van der Waals surface area contributed by atoms with E-state index in [4.69, 9.17) is 5.11 Å². The lowest BCUT2D eigenvalue weighted by molar-refractivity contribution is 0.0696. The summed E-state index contributed by atoms with van der Waals surface area (Å²) in [6.07, 6.45) is 4.05. The van der Waals surface area contributed by atoms with Gasteiger partial charge in [-0.05, 0) is 43.4 Å². The van der Waals surface area contributed by atoms with Crippen LogP contribution >= 0.6 is 15.9 Å². The standard InChI is InChI=1S/C14H17BrO4S/c1-9-12(15)6-11(14(16)17)7-13(9)20(18,19)8-10-4-2-3-5-10/h6-7,10H,2-5,8H2,1H3,(H,16,17). The molecule has 0 unspecified atom stereocenters. The van der Waals surface area contributed by atoms with Gasteiger partial charge in [0.1, 0.15) is 0 Å². The quantitative estimate of drug-likeness (QED) is 0.892. The van der Waals surface area contributed by atoms with Crippen LogP contribution in [0.1, 0.15) is 41.6 Å². The van der Waals surface area contributed by atoms with Gasteiger partial charge in [0.25, 0.3) is 0 Å². The van der Waals surface area contributed by atoms with E-state index < -0.39 is 15.8 Å². The summed E-state index contributed by atoms with van der Waals surface area (Å²) in [5.41, 5.74) is 0.570. The first-order valence-corrected chi connectivity index (χ1v) is 9.02. The molecular formula is C14H17BrO4S. The molecule has 0 aliphatic heterocycles. The van der Waals surface area contributed by atoms with Crippen LogP contribution < -0.4 is 0 Å². The highest BCUT2D eigenvalue weighted by molar-refractivity contribution is 9.10. The van der Waals surface area contributed by atoms with Crippen LogP contribution in [-0.2, 0) is 9.84 Å². The summed E-state index contributed by atoms with van der Waals surface area (Å²) in [7, 11) is -3.45. The minimum absolute atomic E-state index is 0.00697. The maximum absolute atomic E-state index is 12.5. The molecule has 1 aliphatic carbocycles. The molecular weight excluding hydrogens is 344 g/mol. The fourth-order valence-corrected chi connectivity index (χ4v) is 5.29. The lowest BCUT2D eigenvalue weighted by atomic mass is 10.1. The van der Waals surface area contributed by atoms with E-state index >= 15 is 0 Å². The van der Waals surface area contributed by atoms with Gasteiger partial charge in [0.15, 0.2) is 9.84 Å². The van der Waals surface area contributed by atoms with Crippen molar-refractivity contribution >= 4 is 31.7 Å². The summed E-state index contributed by atoms with van der Waals surface area (Å²) in [5, 5.41) is 9.06. The Morgan fingerprint density at radius 3 is 2.50 bits per heavy atom. The van der Waals surface area contributed by atoms with Gasteiger partial charge in [-0.3, -0.25) is 0 Å². The number of aromatic carboxylic acids is 1. The van der Waals surface area contributed by atoms with Crippen molar-refractivity contribution in [1.29, 1.82) is 0 Å². The molecule has 4 nitrogen and oxygen atoms in total. The first-order chi connectivity index (χ1) is 9.31. The van der Waals surface area contributed by atoms with Crippen LogP contribution in [0, 0.1) is 12.8 Å². The van der Waals surface area contributed by atoms with Gasteiger partial charge in [0.05, 0.1) is 16.2 Å². The molecule has 0 saturated heterocycles. The fraction of sp³-hybridized carbons (Fsp3) is 0.500. The number of sulfone groups is 1. The molecule has 6 heteroatoms. The van der Waals surface area contributed by atoms with Crippen LogP contribution in [-0.4, -0.2) is 25.2 Å². The SMILES string of the molecule is Cc1c(Br)cc(C(=O)O)cc1S(=O)(=O)CC1CCCC1. The Balaban J connectivity index is 2.41. The van der Waals surface area contributed by atoms with Crippen LogP contribution in [0.25, 0.3) is 0 Å². The maximum Gasteiger partial charge on any atom is 0.335 e. The molecule has 0 amide bonds. The predicted octanol–water partition coefficient (Wildman–Crippen LogP) is 3.42. The van der Waals surface area contributed by atoms with E-state index in [1.807, 2.05) is 0 Å². The van der Waals surface area contributed by atoms with Gasteiger partial charge in [0, 0.05) is 4.47 Å². The van der Waals surface area contributed by atoms with E-state index in [9.17, 15) is 13.2 Å². The highest BCUT2D eigenvalue weighted by Crippen LogP contribution is 2.31. The van der Waals surface area contributed by atoms with Crippen LogP contribution in [0.3, 0.4) is 0 Å². The molecule has 110 valence electrons. The van der Waals surface area contributed by atoms with Crippen molar-refractivity contribution in [3.8, 4) is 0 Å². The third kappa shape index (κ3) is 3.23. The largest absolute Gasteiger partial charge is 0.478 e. The van der Waals surface area contributed by atoms with Crippen molar-refractivity contribution in [2.45, 2.75) is 37.5 Å². The normalized spacial score (nSPS) is 16.5. The van der Waals surface area contributed by atoms with Gasteiger partial charge in [-0.2, -0.15) is 0 Å². The Morgan fingerprint density at radius 1 is 1.35 bits per heavy atom. The molecule has 1 aromatic carbocycles. The van der Waals surface area contributed by atoms with Crippen LogP contribution in [0.2, 0.25) is 0 Å². The van der Waals surface area contributed by atoms with Gasteiger partial charge >= 0.3 is 5.97 Å². The summed E-state index contributed by atoms with van der Waals surface area (Å²) in [5.74, 6) is -0.807. The monoisotopic (exact) mass is 360 g/mol. The number of carboxylic acids is 1. The third-order valence-electron chi connectivity index (χ3n) is 3.81. The smallest absolute Gasteiger partial charge is 0.335 e. The summed E-state index contributed by atoms with van der Waals surface area (Å²) in [6, 6.07) is 2.71. The lowest BCUT2D eigenvalue weighted by Gasteiger charge is -2.13. The minimum Gasteiger partial charge on any atom is -0.478 e. The lowest BCUT2D eigenvalue weighted by Crippen LogP contribution is -2.16. The first kappa shape index (κ1) is 15.5. The zero-order valence-electron chi connectivity index (χ0n) is 11.2. The van der Waals surface area contributed by atoms with Crippen molar-refractivity contribution in [3.05, 3.63) is 27.7 Å². The van der Waals surface area contributed by atoms with Crippen LogP contribution in [0.4, 0.5) is 0 Å². The molecule has 0 bridgehead atoms. The second-order valence-corrected chi connectivity index (χ2v) is 8.18. The summed E-state index contributed by atoms with van der Waals surface area (Å²) < 4.78 is 25.6. The summed E-state index contributed by atoms with van der Waals surface area (Å²) in [4.78, 5) is 11.2. The fourth-order valence-electron chi connectivity index (χ4n) is 2.68. The Bertz CT molecular complexity index is 631. The summed E-state index contributed by atoms with van der Waals surface area (Å²) >= 11 is 3.24. The molecule has 0 radical (unpaired) electrons. The van der Waals surface area contributed by atoms with E-state index in [0.29, 0.717) is 10.0 Å². The molecule has 0 spiro atoms. The molecule has 1 aliphatic rings. The summed E-state index contributed by atoms with van der Waals surface area (Å²) in [6.45, 7) is 1.69. The molecule has 0 atom stereocenters. The van der Waals surface area contributed by atoms with Crippen molar-refractivity contribution in [3.63, 3.8) is 0 Å². The molecule has 2 rings (SSSR count). The number of carboxylic acid groups (broad SMARTS) is 1. The molecule has 20 heavy (non-hydrogen) atoms. The molecule has 1 saturated carbocycles. The highest BCUT2D eigenvalue weighted by atomic mass is 79.9. The number of benzene rings is 1. The second-order valence-electron chi connectivity index (χ2n) is 5.32. The number of hydrogen-bond donors (Lipinski definition) is 1. The third-order valence-corrected chi connectivity index (χ3v) is 6.64. The molecule has 1 aromatic rings. The molecule has 1 fully saturated rings. The number of hydrogen-bond acceptors (Lipinski definition) is 3. The number of carbonyl (C=O) groups is 1.